The Bertz CT molecular complexity index is 1160. The highest BCUT2D eigenvalue weighted by Gasteiger charge is 2.35. The molecule has 0 unspecified atom stereocenters. The number of rotatable bonds is 2. The lowest BCUT2D eigenvalue weighted by molar-refractivity contribution is 0.159. The number of methoxy groups -OCH3 is 1. The van der Waals surface area contributed by atoms with Gasteiger partial charge in [-0.05, 0) is 47.7 Å². The summed E-state index contributed by atoms with van der Waals surface area (Å²) < 4.78 is 29.8. The average molecular weight is 382 g/mol. The maximum absolute atomic E-state index is 12.2. The van der Waals surface area contributed by atoms with E-state index in [9.17, 15) is 8.42 Å². The number of nitrogens with zero attached hydrogens (tertiary/aromatic N) is 1. The lowest BCUT2D eigenvalue weighted by Crippen LogP contribution is -2.39. The summed E-state index contributed by atoms with van der Waals surface area (Å²) in [5, 5.41) is 1.29. The topological polar surface area (TPSA) is 62.4 Å². The molecule has 3 aromatic rings. The molecule has 1 N–H and O–H groups in total. The molecule has 0 saturated carbocycles. The number of para-hydroxylation sites is 1. The van der Waals surface area contributed by atoms with Crippen LogP contribution in [-0.2, 0) is 29.2 Å². The van der Waals surface area contributed by atoms with Crippen LogP contribution in [-0.4, -0.2) is 38.2 Å². The maximum atomic E-state index is 12.2. The summed E-state index contributed by atoms with van der Waals surface area (Å²) in [4.78, 5) is 6.36. The van der Waals surface area contributed by atoms with E-state index in [0.717, 1.165) is 31.5 Å². The van der Waals surface area contributed by atoms with Crippen molar-refractivity contribution in [3.8, 4) is 5.75 Å². The molecule has 27 heavy (non-hydrogen) atoms. The van der Waals surface area contributed by atoms with Crippen LogP contribution in [0.25, 0.3) is 10.9 Å². The van der Waals surface area contributed by atoms with Crippen LogP contribution in [0.4, 0.5) is 0 Å². The SMILES string of the molecule is COc1cc2c(cc1S(C)(=O)=O)CCN1Cc3[nH]c4ccccc4c3C[C@@H]21. The van der Waals surface area contributed by atoms with Crippen molar-refractivity contribution in [3.63, 3.8) is 0 Å². The van der Waals surface area contributed by atoms with Crippen LogP contribution in [0.5, 0.6) is 5.75 Å². The lowest BCUT2D eigenvalue weighted by atomic mass is 9.85. The standard InChI is InChI=1S/C21H22N2O3S/c1-26-20-11-15-13(9-21(20)27(2,24)25)7-8-23-12-18-16(10-19(15)23)14-5-3-4-6-17(14)22-18/h3-6,9,11,19,22H,7-8,10,12H2,1-2H3/t19-/m0/s1. The summed E-state index contributed by atoms with van der Waals surface area (Å²) in [6.07, 6.45) is 3.02. The molecule has 2 aliphatic rings. The molecule has 0 radical (unpaired) electrons. The van der Waals surface area contributed by atoms with Gasteiger partial charge in [-0.15, -0.1) is 0 Å². The third kappa shape index (κ3) is 2.58. The van der Waals surface area contributed by atoms with Crippen LogP contribution in [0.15, 0.2) is 41.3 Å². The van der Waals surface area contributed by atoms with Crippen molar-refractivity contribution in [2.24, 2.45) is 0 Å². The maximum Gasteiger partial charge on any atom is 0.179 e. The number of benzene rings is 2. The van der Waals surface area contributed by atoms with Gasteiger partial charge in [0.2, 0.25) is 0 Å². The lowest BCUT2D eigenvalue weighted by Gasteiger charge is -2.40. The molecular weight excluding hydrogens is 360 g/mol. The molecule has 5 nitrogen and oxygen atoms in total. The van der Waals surface area contributed by atoms with E-state index < -0.39 is 9.84 Å². The second-order valence-electron chi connectivity index (χ2n) is 7.54. The number of hydrogen-bond donors (Lipinski definition) is 1. The van der Waals surface area contributed by atoms with Crippen LogP contribution in [0.3, 0.4) is 0 Å². The molecule has 1 atom stereocenters. The van der Waals surface area contributed by atoms with Crippen LogP contribution >= 0.6 is 0 Å². The molecule has 0 amide bonds. The van der Waals surface area contributed by atoms with Gasteiger partial charge in [0, 0.05) is 42.0 Å². The first-order valence-corrected chi connectivity index (χ1v) is 11.1. The molecule has 3 heterocycles. The third-order valence-electron chi connectivity index (χ3n) is 5.95. The molecule has 0 aliphatic carbocycles. The van der Waals surface area contributed by atoms with Gasteiger partial charge in [0.1, 0.15) is 10.6 Å². The first kappa shape index (κ1) is 16.8. The van der Waals surface area contributed by atoms with Crippen molar-refractivity contribution >= 4 is 20.7 Å². The van der Waals surface area contributed by atoms with Gasteiger partial charge in [-0.2, -0.15) is 0 Å². The normalized spacial score (nSPS) is 19.4. The number of sulfone groups is 1. The first-order chi connectivity index (χ1) is 13.0. The van der Waals surface area contributed by atoms with Crippen molar-refractivity contribution in [1.29, 1.82) is 0 Å². The number of nitrogens with one attached hydrogen (secondary N) is 1. The highest BCUT2D eigenvalue weighted by atomic mass is 32.2. The predicted octanol–water partition coefficient (Wildman–Crippen LogP) is 3.24. The monoisotopic (exact) mass is 382 g/mol. The number of fused-ring (bicyclic) bond motifs is 6. The van der Waals surface area contributed by atoms with E-state index >= 15 is 0 Å². The highest BCUT2D eigenvalue weighted by molar-refractivity contribution is 7.90. The van der Waals surface area contributed by atoms with Crippen LogP contribution in [0, 0.1) is 0 Å². The van der Waals surface area contributed by atoms with E-state index in [1.807, 2.05) is 12.1 Å². The van der Waals surface area contributed by atoms with Crippen LogP contribution < -0.4 is 4.74 Å². The number of aromatic nitrogens is 1. The van der Waals surface area contributed by atoms with Gasteiger partial charge in [-0.25, -0.2) is 8.42 Å². The molecule has 2 aromatic carbocycles. The van der Waals surface area contributed by atoms with E-state index in [1.165, 1.54) is 41.1 Å². The first-order valence-electron chi connectivity index (χ1n) is 9.19. The molecule has 6 heteroatoms. The molecule has 5 rings (SSSR count). The van der Waals surface area contributed by atoms with Crippen molar-refractivity contribution in [2.75, 3.05) is 19.9 Å². The molecule has 0 spiro atoms. The summed E-state index contributed by atoms with van der Waals surface area (Å²) in [5.74, 6) is 0.447. The Kier molecular flexibility index (Phi) is 3.64. The summed E-state index contributed by atoms with van der Waals surface area (Å²) in [6, 6.07) is 12.5. The van der Waals surface area contributed by atoms with Crippen LogP contribution in [0.1, 0.15) is 28.4 Å². The Balaban J connectivity index is 1.64. The van der Waals surface area contributed by atoms with Crippen molar-refractivity contribution < 1.29 is 13.2 Å². The minimum atomic E-state index is -3.32. The third-order valence-corrected chi connectivity index (χ3v) is 7.07. The van der Waals surface area contributed by atoms with Crippen molar-refractivity contribution in [1.82, 2.24) is 9.88 Å². The molecule has 140 valence electrons. The van der Waals surface area contributed by atoms with Gasteiger partial charge in [0.25, 0.3) is 0 Å². The largest absolute Gasteiger partial charge is 0.495 e. The van der Waals surface area contributed by atoms with E-state index in [-0.39, 0.29) is 6.04 Å². The van der Waals surface area contributed by atoms with Crippen molar-refractivity contribution in [2.45, 2.75) is 30.3 Å². The Morgan fingerprint density at radius 2 is 2.04 bits per heavy atom. The van der Waals surface area contributed by atoms with Gasteiger partial charge in [0.05, 0.1) is 7.11 Å². The van der Waals surface area contributed by atoms with E-state index in [4.69, 9.17) is 4.74 Å². The van der Waals surface area contributed by atoms with Gasteiger partial charge in [0.15, 0.2) is 9.84 Å². The Labute approximate surface area is 158 Å². The molecular formula is C21H22N2O3S. The number of hydrogen-bond acceptors (Lipinski definition) is 4. The summed E-state index contributed by atoms with van der Waals surface area (Å²) in [5.41, 5.74) is 6.19. The zero-order chi connectivity index (χ0) is 18.8. The Hall–Kier alpha value is -2.31. The fourth-order valence-corrected chi connectivity index (χ4v) is 5.52. The minimum absolute atomic E-state index is 0.253. The Morgan fingerprint density at radius 1 is 1.22 bits per heavy atom. The van der Waals surface area contributed by atoms with Crippen molar-refractivity contribution in [3.05, 3.63) is 58.8 Å². The molecule has 0 bridgehead atoms. The minimum Gasteiger partial charge on any atom is -0.495 e. The number of ether oxygens (including phenoxy) is 1. The summed E-state index contributed by atoms with van der Waals surface area (Å²) in [6.45, 7) is 1.83. The predicted molar refractivity (Wildman–Crippen MR) is 105 cm³/mol. The molecule has 0 saturated heterocycles. The smallest absolute Gasteiger partial charge is 0.179 e. The molecule has 2 aliphatic heterocycles. The van der Waals surface area contributed by atoms with E-state index in [0.29, 0.717) is 10.6 Å². The average Bonchev–Trinajstić information content (AvgIpc) is 3.02. The van der Waals surface area contributed by atoms with Gasteiger partial charge in [-0.1, -0.05) is 18.2 Å². The quantitative estimate of drug-likeness (QED) is 0.739. The summed E-state index contributed by atoms with van der Waals surface area (Å²) in [7, 11) is -1.78. The fraction of sp³-hybridized carbons (Fsp3) is 0.333. The Morgan fingerprint density at radius 3 is 2.81 bits per heavy atom. The van der Waals surface area contributed by atoms with Gasteiger partial charge >= 0.3 is 0 Å². The second-order valence-corrected chi connectivity index (χ2v) is 9.53. The van der Waals surface area contributed by atoms with Gasteiger partial charge in [-0.3, -0.25) is 4.90 Å². The van der Waals surface area contributed by atoms with Crippen LogP contribution in [0.2, 0.25) is 0 Å². The second kappa shape index (κ2) is 5.84. The van der Waals surface area contributed by atoms with E-state index in [2.05, 4.69) is 34.1 Å². The zero-order valence-corrected chi connectivity index (χ0v) is 16.3. The highest BCUT2D eigenvalue weighted by Crippen LogP contribution is 2.42. The molecule has 1 aromatic heterocycles. The number of H-pyrrole nitrogens is 1. The fourth-order valence-electron chi connectivity index (χ4n) is 4.66. The zero-order valence-electron chi connectivity index (χ0n) is 15.5. The van der Waals surface area contributed by atoms with E-state index in [1.54, 1.807) is 0 Å². The molecule has 0 fully saturated rings. The summed E-state index contributed by atoms with van der Waals surface area (Å²) >= 11 is 0. The number of aromatic amines is 1. The van der Waals surface area contributed by atoms with Gasteiger partial charge < -0.3 is 9.72 Å².